The van der Waals surface area contributed by atoms with E-state index in [1.165, 1.54) is 44.2 Å². The first-order valence-electron chi connectivity index (χ1n) is 6.42. The normalized spacial score (nSPS) is 17.9. The minimum atomic E-state index is 0.926. The molecule has 0 spiro atoms. The van der Waals surface area contributed by atoms with Gasteiger partial charge in [-0.25, -0.2) is 0 Å². The molecule has 0 aromatic carbocycles. The molecule has 0 bridgehead atoms. The van der Waals surface area contributed by atoms with E-state index < -0.39 is 0 Å². The third kappa shape index (κ3) is 3.60. The quantitative estimate of drug-likeness (QED) is 0.772. The molecule has 0 aliphatic heterocycles. The van der Waals surface area contributed by atoms with Gasteiger partial charge in [0.05, 0.1) is 0 Å². The molecule has 88 valence electrons. The maximum Gasteiger partial charge on any atom is 0.0312 e. The zero-order chi connectivity index (χ0) is 11.2. The number of nitrogens with zero attached hydrogens (tertiary/aromatic N) is 2. The van der Waals surface area contributed by atoms with Crippen LogP contribution >= 0.6 is 0 Å². The van der Waals surface area contributed by atoms with Crippen molar-refractivity contribution in [2.45, 2.75) is 38.6 Å². The van der Waals surface area contributed by atoms with Crippen molar-refractivity contribution in [3.8, 4) is 0 Å². The van der Waals surface area contributed by atoms with Crippen molar-refractivity contribution < 1.29 is 0 Å². The highest BCUT2D eigenvalue weighted by atomic mass is 15.1. The molecule has 1 aromatic heterocycles. The second kappa shape index (κ2) is 6.00. The molecule has 0 N–H and O–H groups in total. The Morgan fingerprint density at radius 1 is 1.31 bits per heavy atom. The van der Waals surface area contributed by atoms with Gasteiger partial charge in [0.15, 0.2) is 0 Å². The van der Waals surface area contributed by atoms with Crippen LogP contribution in [-0.2, 0) is 6.54 Å². The van der Waals surface area contributed by atoms with Crippen molar-refractivity contribution in [3.05, 3.63) is 30.1 Å². The zero-order valence-electron chi connectivity index (χ0n) is 10.2. The summed E-state index contributed by atoms with van der Waals surface area (Å²) in [6, 6.07) is 4.17. The van der Waals surface area contributed by atoms with Gasteiger partial charge in [0.25, 0.3) is 0 Å². The largest absolute Gasteiger partial charge is 0.302 e. The van der Waals surface area contributed by atoms with Crippen molar-refractivity contribution in [1.29, 1.82) is 0 Å². The first-order valence-corrected chi connectivity index (χ1v) is 6.42. The summed E-state index contributed by atoms with van der Waals surface area (Å²) in [7, 11) is 2.22. The summed E-state index contributed by atoms with van der Waals surface area (Å²) in [6.07, 6.45) is 11.0. The molecule has 1 saturated carbocycles. The molecule has 0 amide bonds. The Morgan fingerprint density at radius 3 is 2.81 bits per heavy atom. The van der Waals surface area contributed by atoms with Gasteiger partial charge in [0, 0.05) is 25.5 Å². The van der Waals surface area contributed by atoms with E-state index in [2.05, 4.69) is 23.0 Å². The standard InChI is InChI=1S/C14H22N2/c1-16(11-13-6-3-2-4-7-13)12-14-8-5-9-15-10-14/h5,8-10,13H,2-4,6-7,11-12H2,1H3. The lowest BCUT2D eigenvalue weighted by atomic mass is 9.89. The summed E-state index contributed by atoms with van der Waals surface area (Å²) in [5.74, 6) is 0.926. The Balaban J connectivity index is 1.77. The van der Waals surface area contributed by atoms with Crippen LogP contribution in [0.3, 0.4) is 0 Å². The molecule has 16 heavy (non-hydrogen) atoms. The van der Waals surface area contributed by atoms with Crippen LogP contribution in [0.4, 0.5) is 0 Å². The molecule has 2 rings (SSSR count). The fourth-order valence-electron chi connectivity index (χ4n) is 2.68. The van der Waals surface area contributed by atoms with E-state index in [1.807, 2.05) is 18.5 Å². The van der Waals surface area contributed by atoms with E-state index in [-0.39, 0.29) is 0 Å². The highest BCUT2D eigenvalue weighted by Gasteiger charge is 2.15. The maximum atomic E-state index is 4.16. The van der Waals surface area contributed by atoms with E-state index in [1.54, 1.807) is 0 Å². The Labute approximate surface area is 98.7 Å². The summed E-state index contributed by atoms with van der Waals surface area (Å²) in [6.45, 7) is 2.28. The van der Waals surface area contributed by atoms with Gasteiger partial charge in [0.1, 0.15) is 0 Å². The molecule has 1 aliphatic rings. The first kappa shape index (κ1) is 11.6. The predicted octanol–water partition coefficient (Wildman–Crippen LogP) is 3.09. The second-order valence-electron chi connectivity index (χ2n) is 5.06. The number of pyridine rings is 1. The monoisotopic (exact) mass is 218 g/mol. The van der Waals surface area contributed by atoms with Gasteiger partial charge in [-0.1, -0.05) is 25.3 Å². The molecule has 2 heteroatoms. The van der Waals surface area contributed by atoms with Crippen molar-refractivity contribution in [2.24, 2.45) is 5.92 Å². The van der Waals surface area contributed by atoms with Crippen LogP contribution < -0.4 is 0 Å². The molecule has 1 aromatic rings. The lowest BCUT2D eigenvalue weighted by Crippen LogP contribution is -2.26. The van der Waals surface area contributed by atoms with Crippen LogP contribution in [0, 0.1) is 5.92 Å². The summed E-state index contributed by atoms with van der Waals surface area (Å²) in [5, 5.41) is 0. The molecule has 2 nitrogen and oxygen atoms in total. The molecular formula is C14H22N2. The zero-order valence-corrected chi connectivity index (χ0v) is 10.2. The molecule has 1 aliphatic carbocycles. The average Bonchev–Trinajstić information content (AvgIpc) is 2.31. The Hall–Kier alpha value is -0.890. The van der Waals surface area contributed by atoms with Crippen LogP contribution in [0.2, 0.25) is 0 Å². The Morgan fingerprint density at radius 2 is 2.12 bits per heavy atom. The highest BCUT2D eigenvalue weighted by molar-refractivity contribution is 5.07. The van der Waals surface area contributed by atoms with Crippen molar-refractivity contribution in [3.63, 3.8) is 0 Å². The average molecular weight is 218 g/mol. The van der Waals surface area contributed by atoms with E-state index in [0.29, 0.717) is 0 Å². The lowest BCUT2D eigenvalue weighted by molar-refractivity contribution is 0.228. The van der Waals surface area contributed by atoms with Crippen LogP contribution in [-0.4, -0.2) is 23.5 Å². The maximum absolute atomic E-state index is 4.16. The van der Waals surface area contributed by atoms with E-state index in [9.17, 15) is 0 Å². The van der Waals surface area contributed by atoms with Crippen molar-refractivity contribution in [2.75, 3.05) is 13.6 Å². The van der Waals surface area contributed by atoms with Crippen molar-refractivity contribution in [1.82, 2.24) is 9.88 Å². The van der Waals surface area contributed by atoms with Crippen LogP contribution in [0.25, 0.3) is 0 Å². The van der Waals surface area contributed by atoms with Gasteiger partial charge in [0.2, 0.25) is 0 Å². The Bertz CT molecular complexity index is 291. The molecule has 1 fully saturated rings. The fraction of sp³-hybridized carbons (Fsp3) is 0.643. The molecule has 0 radical (unpaired) electrons. The molecule has 0 atom stereocenters. The van der Waals surface area contributed by atoms with Gasteiger partial charge < -0.3 is 4.90 Å². The minimum absolute atomic E-state index is 0.926. The summed E-state index contributed by atoms with van der Waals surface area (Å²) < 4.78 is 0. The minimum Gasteiger partial charge on any atom is -0.302 e. The number of hydrogen-bond donors (Lipinski definition) is 0. The third-order valence-corrected chi connectivity index (χ3v) is 3.47. The summed E-state index contributed by atoms with van der Waals surface area (Å²) in [5.41, 5.74) is 1.32. The Kier molecular flexibility index (Phi) is 4.34. The summed E-state index contributed by atoms with van der Waals surface area (Å²) >= 11 is 0. The topological polar surface area (TPSA) is 16.1 Å². The van der Waals surface area contributed by atoms with Crippen LogP contribution in [0.1, 0.15) is 37.7 Å². The first-order chi connectivity index (χ1) is 7.84. The summed E-state index contributed by atoms with van der Waals surface area (Å²) in [4.78, 5) is 6.60. The van der Waals surface area contributed by atoms with Crippen LogP contribution in [0.15, 0.2) is 24.5 Å². The third-order valence-electron chi connectivity index (χ3n) is 3.47. The highest BCUT2D eigenvalue weighted by Crippen LogP contribution is 2.24. The van der Waals surface area contributed by atoms with Crippen LogP contribution in [0.5, 0.6) is 0 Å². The molecule has 1 heterocycles. The second-order valence-corrected chi connectivity index (χ2v) is 5.06. The predicted molar refractivity (Wildman–Crippen MR) is 67.1 cm³/mol. The number of aromatic nitrogens is 1. The van der Waals surface area contributed by atoms with Gasteiger partial charge in [-0.05, 0) is 37.4 Å². The van der Waals surface area contributed by atoms with Gasteiger partial charge in [-0.3, -0.25) is 4.98 Å². The SMILES string of the molecule is CN(Cc1cccnc1)CC1CCCCC1. The van der Waals surface area contributed by atoms with E-state index in [0.717, 1.165) is 12.5 Å². The van der Waals surface area contributed by atoms with Gasteiger partial charge in [-0.2, -0.15) is 0 Å². The van der Waals surface area contributed by atoms with Gasteiger partial charge in [-0.15, -0.1) is 0 Å². The van der Waals surface area contributed by atoms with Gasteiger partial charge >= 0.3 is 0 Å². The molecule has 0 saturated heterocycles. The lowest BCUT2D eigenvalue weighted by Gasteiger charge is -2.26. The van der Waals surface area contributed by atoms with E-state index in [4.69, 9.17) is 0 Å². The van der Waals surface area contributed by atoms with E-state index >= 15 is 0 Å². The molecular weight excluding hydrogens is 196 g/mol. The number of rotatable bonds is 4. The smallest absolute Gasteiger partial charge is 0.0312 e. The number of hydrogen-bond acceptors (Lipinski definition) is 2. The molecule has 0 unspecified atom stereocenters. The van der Waals surface area contributed by atoms with Crippen molar-refractivity contribution >= 4 is 0 Å². The fourth-order valence-corrected chi connectivity index (χ4v) is 2.68.